The number of hydrogen-bond donors (Lipinski definition) is 0. The maximum atomic E-state index is 13.7. The topological polar surface area (TPSA) is 49.9 Å². The molecule has 0 unspecified atom stereocenters. The van der Waals surface area contributed by atoms with Crippen molar-refractivity contribution in [2.45, 2.75) is 182 Å². The van der Waals surface area contributed by atoms with Crippen LogP contribution in [0.25, 0.3) is 0 Å². The average molecular weight is 765 g/mol. The molecule has 0 aromatic heterocycles. The van der Waals surface area contributed by atoms with Crippen LogP contribution in [0.2, 0.25) is 26.2 Å². The maximum Gasteiger partial charge on any atom is 0.253 e. The minimum Gasteiger partial charge on any atom is -0.449 e. The molecule has 2 aromatic rings. The van der Waals surface area contributed by atoms with E-state index in [9.17, 15) is 9.59 Å². The fourth-order valence-corrected chi connectivity index (χ4v) is 15.4. The normalized spacial score (nSPS) is 11.9. The van der Waals surface area contributed by atoms with Crippen LogP contribution in [0.5, 0.6) is 0 Å². The first-order valence-corrected chi connectivity index (χ1v) is 27.8. The van der Waals surface area contributed by atoms with Crippen LogP contribution >= 0.6 is 0 Å². The standard InChI is InChI=1S/C46H80N2O3Si2/c1-9-13-17-21-25-37-47(38-26-22-18-14-10-2)45(49)41-29-33-43(34-30-41)52(5,6)51-53(7,8)44-35-31-42(32-36-44)46(50)48(39-27-23-19-15-11-3)40-28-24-20-16-12-4/h29-36H,9-28,37-40H2,1-8H3. The maximum absolute atomic E-state index is 13.7. The molecule has 7 heteroatoms. The molecule has 300 valence electrons. The van der Waals surface area contributed by atoms with Crippen molar-refractivity contribution in [3.8, 4) is 0 Å². The van der Waals surface area contributed by atoms with Crippen molar-refractivity contribution in [2.24, 2.45) is 0 Å². The number of benzene rings is 2. The smallest absolute Gasteiger partial charge is 0.253 e. The van der Waals surface area contributed by atoms with Gasteiger partial charge < -0.3 is 13.9 Å². The Morgan fingerprint density at radius 2 is 0.660 bits per heavy atom. The van der Waals surface area contributed by atoms with Crippen LogP contribution in [0.15, 0.2) is 48.5 Å². The molecule has 0 aliphatic rings. The molecular weight excluding hydrogens is 685 g/mol. The number of unbranched alkanes of at least 4 members (excludes halogenated alkanes) is 16. The zero-order chi connectivity index (χ0) is 39.0. The molecule has 0 spiro atoms. The molecule has 2 amide bonds. The summed E-state index contributed by atoms with van der Waals surface area (Å²) in [5, 5.41) is 2.42. The van der Waals surface area contributed by atoms with E-state index in [-0.39, 0.29) is 11.8 Å². The van der Waals surface area contributed by atoms with E-state index in [4.69, 9.17) is 4.12 Å². The van der Waals surface area contributed by atoms with Crippen molar-refractivity contribution in [3.63, 3.8) is 0 Å². The summed E-state index contributed by atoms with van der Waals surface area (Å²) in [7, 11) is -4.58. The number of amides is 2. The predicted molar refractivity (Wildman–Crippen MR) is 235 cm³/mol. The number of nitrogens with zero attached hydrogens (tertiary/aromatic N) is 2. The van der Waals surface area contributed by atoms with Crippen LogP contribution in [-0.2, 0) is 4.12 Å². The van der Waals surface area contributed by atoms with Crippen molar-refractivity contribution >= 4 is 38.8 Å². The van der Waals surface area contributed by atoms with Crippen LogP contribution in [-0.4, -0.2) is 64.4 Å². The Kier molecular flexibility index (Phi) is 23.5. The van der Waals surface area contributed by atoms with E-state index >= 15 is 0 Å². The van der Waals surface area contributed by atoms with Gasteiger partial charge in [-0.15, -0.1) is 0 Å². The van der Waals surface area contributed by atoms with Gasteiger partial charge in [-0.2, -0.15) is 0 Å². The highest BCUT2D eigenvalue weighted by molar-refractivity contribution is 6.96. The Bertz CT molecular complexity index is 1140. The third-order valence-electron chi connectivity index (χ3n) is 10.9. The summed E-state index contributed by atoms with van der Waals surface area (Å²) in [6, 6.07) is 16.7. The summed E-state index contributed by atoms with van der Waals surface area (Å²) < 4.78 is 7.12. The number of carbonyl (C=O) groups is 2. The third-order valence-corrected chi connectivity index (χ3v) is 18.4. The highest BCUT2D eigenvalue weighted by Crippen LogP contribution is 2.19. The Morgan fingerprint density at radius 1 is 0.415 bits per heavy atom. The first kappa shape index (κ1) is 46.9. The zero-order valence-electron chi connectivity index (χ0n) is 35.7. The van der Waals surface area contributed by atoms with Gasteiger partial charge in [-0.1, -0.05) is 155 Å². The third kappa shape index (κ3) is 17.9. The largest absolute Gasteiger partial charge is 0.449 e. The first-order valence-electron chi connectivity index (χ1n) is 22.0. The van der Waals surface area contributed by atoms with Crippen molar-refractivity contribution in [3.05, 3.63) is 59.7 Å². The molecular formula is C46H80N2O3Si2. The Morgan fingerprint density at radius 3 is 0.906 bits per heavy atom. The van der Waals surface area contributed by atoms with Crippen LogP contribution in [0.4, 0.5) is 0 Å². The molecule has 0 N–H and O–H groups in total. The van der Waals surface area contributed by atoms with Gasteiger partial charge in [0, 0.05) is 37.3 Å². The minimum absolute atomic E-state index is 0.166. The van der Waals surface area contributed by atoms with Gasteiger partial charge >= 0.3 is 0 Å². The van der Waals surface area contributed by atoms with E-state index < -0.39 is 16.6 Å². The van der Waals surface area contributed by atoms with Crippen LogP contribution < -0.4 is 10.4 Å². The van der Waals surface area contributed by atoms with Gasteiger partial charge in [-0.25, -0.2) is 0 Å². The van der Waals surface area contributed by atoms with E-state index in [1.165, 1.54) is 113 Å². The monoisotopic (exact) mass is 765 g/mol. The van der Waals surface area contributed by atoms with Crippen molar-refractivity contribution in [2.75, 3.05) is 26.2 Å². The van der Waals surface area contributed by atoms with E-state index in [0.29, 0.717) is 0 Å². The number of rotatable bonds is 30. The molecule has 0 heterocycles. The summed E-state index contributed by atoms with van der Waals surface area (Å²) >= 11 is 0. The van der Waals surface area contributed by atoms with Gasteiger partial charge in [0.05, 0.1) is 0 Å². The quantitative estimate of drug-likeness (QED) is 0.0588. The zero-order valence-corrected chi connectivity index (χ0v) is 37.7. The molecule has 0 saturated heterocycles. The molecule has 53 heavy (non-hydrogen) atoms. The Balaban J connectivity index is 2.10. The molecule has 0 aliphatic carbocycles. The molecule has 0 radical (unpaired) electrons. The summed E-state index contributed by atoms with van der Waals surface area (Å²) in [6.07, 6.45) is 24.2. The lowest BCUT2D eigenvalue weighted by Crippen LogP contribution is -2.57. The summed E-state index contributed by atoms with van der Waals surface area (Å²) in [5.74, 6) is 0.331. The second-order valence-electron chi connectivity index (χ2n) is 16.5. The van der Waals surface area contributed by atoms with E-state index in [2.05, 4.69) is 87.9 Å². The second kappa shape index (κ2) is 26.6. The minimum atomic E-state index is -2.29. The predicted octanol–water partition coefficient (Wildman–Crippen LogP) is 12.0. The van der Waals surface area contributed by atoms with E-state index in [0.717, 1.165) is 63.0 Å². The lowest BCUT2D eigenvalue weighted by Gasteiger charge is -2.35. The summed E-state index contributed by atoms with van der Waals surface area (Å²) in [5.41, 5.74) is 1.57. The van der Waals surface area contributed by atoms with Crippen molar-refractivity contribution in [1.29, 1.82) is 0 Å². The summed E-state index contributed by atoms with van der Waals surface area (Å²) in [4.78, 5) is 31.7. The Hall–Kier alpha value is -2.23. The molecule has 5 nitrogen and oxygen atoms in total. The average Bonchev–Trinajstić information content (AvgIpc) is 3.15. The molecule has 0 atom stereocenters. The highest BCUT2D eigenvalue weighted by atomic mass is 28.4. The van der Waals surface area contributed by atoms with Crippen molar-refractivity contribution < 1.29 is 13.7 Å². The second-order valence-corrected chi connectivity index (χ2v) is 24.5. The van der Waals surface area contributed by atoms with Gasteiger partial charge in [-0.3, -0.25) is 9.59 Å². The summed E-state index contributed by atoms with van der Waals surface area (Å²) in [6.45, 7) is 21.5. The first-order chi connectivity index (χ1) is 25.5. The van der Waals surface area contributed by atoms with Gasteiger partial charge in [0.1, 0.15) is 0 Å². The molecule has 2 rings (SSSR count). The van der Waals surface area contributed by atoms with Gasteiger partial charge in [0.2, 0.25) is 16.6 Å². The van der Waals surface area contributed by atoms with Gasteiger partial charge in [-0.05, 0) is 86.5 Å². The fraction of sp³-hybridized carbons (Fsp3) is 0.696. The lowest BCUT2D eigenvalue weighted by molar-refractivity contribution is 0.0741. The van der Waals surface area contributed by atoms with Crippen LogP contribution in [0.1, 0.15) is 177 Å². The van der Waals surface area contributed by atoms with E-state index in [1.807, 2.05) is 24.3 Å². The molecule has 2 aromatic carbocycles. The van der Waals surface area contributed by atoms with Crippen molar-refractivity contribution in [1.82, 2.24) is 9.80 Å². The van der Waals surface area contributed by atoms with Gasteiger partial charge in [0.25, 0.3) is 11.8 Å². The van der Waals surface area contributed by atoms with Crippen LogP contribution in [0.3, 0.4) is 0 Å². The fourth-order valence-electron chi connectivity index (χ4n) is 7.40. The highest BCUT2D eigenvalue weighted by Gasteiger charge is 2.36. The SMILES string of the molecule is CCCCCCCN(CCCCCCC)C(=O)c1ccc([Si](C)(C)O[Si](C)(C)c2ccc(C(=O)N(CCCCCCC)CCCCCCC)cc2)cc1. The molecule has 0 bridgehead atoms. The van der Waals surface area contributed by atoms with E-state index in [1.54, 1.807) is 0 Å². The number of carbonyl (C=O) groups excluding carboxylic acids is 2. The molecule has 0 saturated carbocycles. The number of hydrogen-bond acceptors (Lipinski definition) is 3. The molecule has 0 fully saturated rings. The lowest BCUT2D eigenvalue weighted by atomic mass is 10.1. The van der Waals surface area contributed by atoms with Gasteiger partial charge in [0.15, 0.2) is 0 Å². The Labute approximate surface area is 329 Å². The molecule has 0 aliphatic heterocycles. The van der Waals surface area contributed by atoms with Crippen LogP contribution in [0, 0.1) is 0 Å².